The van der Waals surface area contributed by atoms with Gasteiger partial charge in [-0.1, -0.05) is 30.5 Å². The van der Waals surface area contributed by atoms with E-state index in [0.29, 0.717) is 0 Å². The van der Waals surface area contributed by atoms with Gasteiger partial charge >= 0.3 is 0 Å². The average molecular weight is 213 g/mol. The van der Waals surface area contributed by atoms with Crippen LogP contribution in [0, 0.1) is 0 Å². The highest BCUT2D eigenvalue weighted by Gasteiger charge is 1.98. The first-order valence-electron chi connectivity index (χ1n) is 3.62. The van der Waals surface area contributed by atoms with Gasteiger partial charge in [0.05, 0.1) is 11.0 Å². The van der Waals surface area contributed by atoms with E-state index in [-0.39, 0.29) is 12.4 Å². The first-order valence-corrected chi connectivity index (χ1v) is 4.50. The largest absolute Gasteiger partial charge is 0.333 e. The Hall–Kier alpha value is -0.930. The lowest BCUT2D eigenvalue weighted by atomic mass is 10.3. The van der Waals surface area contributed by atoms with E-state index in [1.807, 2.05) is 24.3 Å². The number of fused-ring (bicyclic) bond motifs is 1. The molecular weight excluding hydrogens is 204 g/mol. The van der Waals surface area contributed by atoms with Crippen molar-refractivity contribution in [3.8, 4) is 0 Å². The van der Waals surface area contributed by atoms with Crippen LogP contribution in [0.2, 0.25) is 0 Å². The van der Waals surface area contributed by atoms with E-state index in [1.54, 1.807) is 5.41 Å². The summed E-state index contributed by atoms with van der Waals surface area (Å²) in [5.74, 6) is 0. The molecule has 4 heteroatoms. The van der Waals surface area contributed by atoms with E-state index in [4.69, 9.17) is 0 Å². The molecule has 1 aromatic heterocycles. The fraction of sp³-hybridized carbons (Fsp3) is 0. The number of aromatic nitrogens is 2. The number of nitrogens with one attached hydrogen (secondary N) is 1. The van der Waals surface area contributed by atoms with Crippen LogP contribution in [0.3, 0.4) is 0 Å². The Morgan fingerprint density at radius 1 is 1.38 bits per heavy atom. The van der Waals surface area contributed by atoms with E-state index in [2.05, 4.69) is 16.5 Å². The van der Waals surface area contributed by atoms with Crippen molar-refractivity contribution in [1.82, 2.24) is 9.97 Å². The van der Waals surface area contributed by atoms with E-state index in [0.717, 1.165) is 16.2 Å². The van der Waals surface area contributed by atoms with Gasteiger partial charge in [0.25, 0.3) is 0 Å². The van der Waals surface area contributed by atoms with Crippen molar-refractivity contribution in [1.29, 1.82) is 0 Å². The number of imidazole rings is 1. The minimum atomic E-state index is 0. The van der Waals surface area contributed by atoms with Gasteiger partial charge in [0.2, 0.25) is 0 Å². The van der Waals surface area contributed by atoms with E-state index in [9.17, 15) is 0 Å². The summed E-state index contributed by atoms with van der Waals surface area (Å²) in [4.78, 5) is 7.52. The van der Waals surface area contributed by atoms with Crippen LogP contribution in [0.1, 0.15) is 0 Å². The molecule has 0 atom stereocenters. The SMILES string of the molecule is C=CSc1nc2ccccc2[nH]1.Cl. The molecule has 2 rings (SSSR count). The van der Waals surface area contributed by atoms with Gasteiger partial charge in [-0.15, -0.1) is 12.4 Å². The molecule has 13 heavy (non-hydrogen) atoms. The zero-order chi connectivity index (χ0) is 8.39. The maximum absolute atomic E-state index is 4.34. The summed E-state index contributed by atoms with van der Waals surface area (Å²) < 4.78 is 0. The molecule has 0 aliphatic heterocycles. The standard InChI is InChI=1S/C9H8N2S.ClH/c1-2-12-9-10-7-5-3-4-6-8(7)11-9;/h2-6H,1H2,(H,10,11);1H. The summed E-state index contributed by atoms with van der Waals surface area (Å²) in [6.45, 7) is 3.63. The van der Waals surface area contributed by atoms with E-state index >= 15 is 0 Å². The molecule has 1 heterocycles. The number of hydrogen-bond donors (Lipinski definition) is 1. The molecule has 1 aromatic carbocycles. The van der Waals surface area contributed by atoms with Gasteiger partial charge < -0.3 is 4.98 Å². The second-order valence-electron chi connectivity index (χ2n) is 2.34. The maximum Gasteiger partial charge on any atom is 0.170 e. The maximum atomic E-state index is 4.34. The number of thioether (sulfide) groups is 1. The number of rotatable bonds is 2. The monoisotopic (exact) mass is 212 g/mol. The van der Waals surface area contributed by atoms with Crippen molar-refractivity contribution in [2.24, 2.45) is 0 Å². The number of benzene rings is 1. The summed E-state index contributed by atoms with van der Waals surface area (Å²) in [6.07, 6.45) is 0. The molecule has 0 unspecified atom stereocenters. The van der Waals surface area contributed by atoms with Crippen LogP contribution in [0.5, 0.6) is 0 Å². The number of H-pyrrole nitrogens is 1. The average Bonchev–Trinajstić information content (AvgIpc) is 2.47. The van der Waals surface area contributed by atoms with Crippen LogP contribution in [-0.4, -0.2) is 9.97 Å². The van der Waals surface area contributed by atoms with Crippen LogP contribution in [0.4, 0.5) is 0 Å². The zero-order valence-electron chi connectivity index (χ0n) is 6.86. The Morgan fingerprint density at radius 2 is 2.15 bits per heavy atom. The van der Waals surface area contributed by atoms with Gasteiger partial charge in [0.15, 0.2) is 5.16 Å². The van der Waals surface area contributed by atoms with Crippen LogP contribution >= 0.6 is 24.2 Å². The summed E-state index contributed by atoms with van der Waals surface area (Å²) in [7, 11) is 0. The number of hydrogen-bond acceptors (Lipinski definition) is 2. The van der Waals surface area contributed by atoms with Crippen LogP contribution < -0.4 is 0 Å². The topological polar surface area (TPSA) is 28.7 Å². The van der Waals surface area contributed by atoms with Gasteiger partial charge in [0, 0.05) is 0 Å². The molecule has 0 radical (unpaired) electrons. The predicted molar refractivity (Wildman–Crippen MR) is 59.4 cm³/mol. The molecule has 2 nitrogen and oxygen atoms in total. The summed E-state index contributed by atoms with van der Waals surface area (Å²) in [6, 6.07) is 7.96. The lowest BCUT2D eigenvalue weighted by Crippen LogP contribution is -1.67. The summed E-state index contributed by atoms with van der Waals surface area (Å²) >= 11 is 1.50. The molecule has 2 aromatic rings. The molecule has 0 aliphatic carbocycles. The second-order valence-corrected chi connectivity index (χ2v) is 3.30. The Bertz CT molecular complexity index is 378. The number of nitrogens with zero attached hydrogens (tertiary/aromatic N) is 1. The second kappa shape index (κ2) is 4.35. The number of para-hydroxylation sites is 2. The van der Waals surface area contributed by atoms with Crippen LogP contribution in [0.15, 0.2) is 41.4 Å². The highest BCUT2D eigenvalue weighted by molar-refractivity contribution is 8.02. The van der Waals surface area contributed by atoms with Crippen molar-refractivity contribution in [3.05, 3.63) is 36.3 Å². The van der Waals surface area contributed by atoms with Gasteiger partial charge in [-0.25, -0.2) is 4.98 Å². The Kier molecular flexibility index (Phi) is 3.39. The quantitative estimate of drug-likeness (QED) is 0.775. The minimum absolute atomic E-state index is 0. The summed E-state index contributed by atoms with van der Waals surface area (Å²) in [5, 5.41) is 2.66. The van der Waals surface area contributed by atoms with Crippen molar-refractivity contribution in [2.75, 3.05) is 0 Å². The highest BCUT2D eigenvalue weighted by Crippen LogP contribution is 2.18. The smallest absolute Gasteiger partial charge is 0.170 e. The zero-order valence-corrected chi connectivity index (χ0v) is 8.49. The molecular formula is C9H9ClN2S. The van der Waals surface area contributed by atoms with Crippen LogP contribution in [0.25, 0.3) is 11.0 Å². The van der Waals surface area contributed by atoms with Crippen LogP contribution in [-0.2, 0) is 0 Å². The molecule has 0 amide bonds. The van der Waals surface area contributed by atoms with Crippen molar-refractivity contribution < 1.29 is 0 Å². The normalized spacial score (nSPS) is 9.54. The third-order valence-electron chi connectivity index (χ3n) is 1.56. The molecule has 1 N–H and O–H groups in total. The van der Waals surface area contributed by atoms with Crippen molar-refractivity contribution in [3.63, 3.8) is 0 Å². The van der Waals surface area contributed by atoms with E-state index in [1.165, 1.54) is 11.8 Å². The predicted octanol–water partition coefficient (Wildman–Crippen LogP) is 3.22. The van der Waals surface area contributed by atoms with Crippen molar-refractivity contribution >= 4 is 35.2 Å². The van der Waals surface area contributed by atoms with E-state index < -0.39 is 0 Å². The van der Waals surface area contributed by atoms with Gasteiger partial charge in [-0.3, -0.25) is 0 Å². The molecule has 0 saturated heterocycles. The lowest BCUT2D eigenvalue weighted by molar-refractivity contribution is 1.09. The molecule has 68 valence electrons. The molecule has 0 spiro atoms. The van der Waals surface area contributed by atoms with Gasteiger partial charge in [0.1, 0.15) is 0 Å². The molecule has 0 aliphatic rings. The first kappa shape index (κ1) is 10.2. The van der Waals surface area contributed by atoms with Crippen molar-refractivity contribution in [2.45, 2.75) is 5.16 Å². The fourth-order valence-corrected chi connectivity index (χ4v) is 1.54. The fourth-order valence-electron chi connectivity index (χ4n) is 1.06. The first-order chi connectivity index (χ1) is 5.90. The molecule has 0 fully saturated rings. The third kappa shape index (κ3) is 2.05. The Morgan fingerprint density at radius 3 is 2.85 bits per heavy atom. The highest BCUT2D eigenvalue weighted by atomic mass is 35.5. The number of aromatic amines is 1. The minimum Gasteiger partial charge on any atom is -0.333 e. The Balaban J connectivity index is 0.000000845. The number of halogens is 1. The van der Waals surface area contributed by atoms with Gasteiger partial charge in [-0.2, -0.15) is 0 Å². The van der Waals surface area contributed by atoms with Gasteiger partial charge in [-0.05, 0) is 17.5 Å². The lowest BCUT2D eigenvalue weighted by Gasteiger charge is -1.82. The molecule has 0 saturated carbocycles. The Labute approximate surface area is 86.9 Å². The summed E-state index contributed by atoms with van der Waals surface area (Å²) in [5.41, 5.74) is 2.07. The third-order valence-corrected chi connectivity index (χ3v) is 2.15. The molecule has 0 bridgehead atoms.